The van der Waals surface area contributed by atoms with Crippen molar-refractivity contribution < 1.29 is 5.11 Å². The molecule has 21 heavy (non-hydrogen) atoms. The molecular formula is C16H12ClN3O. The lowest BCUT2D eigenvalue weighted by Crippen LogP contribution is -2.36. The summed E-state index contributed by atoms with van der Waals surface area (Å²) in [6.45, 7) is 0. The zero-order chi connectivity index (χ0) is 14.4. The van der Waals surface area contributed by atoms with Crippen molar-refractivity contribution in [1.29, 1.82) is 0 Å². The molecule has 1 atom stereocenters. The normalized spacial score (nSPS) is 19.9. The van der Waals surface area contributed by atoms with Gasteiger partial charge in [0.25, 0.3) is 0 Å². The molecule has 4 rings (SSSR count). The van der Waals surface area contributed by atoms with Crippen LogP contribution in [0.1, 0.15) is 17.0 Å². The van der Waals surface area contributed by atoms with Crippen molar-refractivity contribution in [3.05, 3.63) is 76.8 Å². The standard InChI is InChI=1S/C16H12ClN3O/c17-12-6-7-14-13(8-12)16(21,11-4-2-1-3-5-11)9-15-19-18-10-20(14)15/h1-8,10,21H,9H2. The van der Waals surface area contributed by atoms with Crippen molar-refractivity contribution in [3.63, 3.8) is 0 Å². The quantitative estimate of drug-likeness (QED) is 0.751. The minimum absolute atomic E-state index is 0.365. The topological polar surface area (TPSA) is 50.9 Å². The molecule has 4 nitrogen and oxygen atoms in total. The van der Waals surface area contributed by atoms with Gasteiger partial charge in [-0.05, 0) is 23.8 Å². The Kier molecular flexibility index (Phi) is 2.64. The van der Waals surface area contributed by atoms with E-state index in [9.17, 15) is 5.11 Å². The molecule has 3 aromatic rings. The van der Waals surface area contributed by atoms with Crippen molar-refractivity contribution >= 4 is 11.6 Å². The van der Waals surface area contributed by atoms with Crippen molar-refractivity contribution in [2.24, 2.45) is 0 Å². The first kappa shape index (κ1) is 12.6. The molecule has 1 aliphatic heterocycles. The summed E-state index contributed by atoms with van der Waals surface area (Å²) in [6, 6.07) is 15.1. The SMILES string of the molecule is OC1(c2ccccc2)Cc2nncn2-c2ccc(Cl)cc21. The zero-order valence-electron chi connectivity index (χ0n) is 11.1. The fraction of sp³-hybridized carbons (Fsp3) is 0.125. The summed E-state index contributed by atoms with van der Waals surface area (Å²) in [5.74, 6) is 0.733. The van der Waals surface area contributed by atoms with Crippen LogP contribution in [0.4, 0.5) is 0 Å². The maximum absolute atomic E-state index is 11.3. The van der Waals surface area contributed by atoms with E-state index in [4.69, 9.17) is 11.6 Å². The van der Waals surface area contributed by atoms with Gasteiger partial charge in [0.2, 0.25) is 0 Å². The monoisotopic (exact) mass is 297 g/mol. The van der Waals surface area contributed by atoms with Crippen LogP contribution < -0.4 is 0 Å². The molecule has 1 aliphatic rings. The van der Waals surface area contributed by atoms with Gasteiger partial charge >= 0.3 is 0 Å². The molecule has 2 heterocycles. The van der Waals surface area contributed by atoms with Gasteiger partial charge in [0.1, 0.15) is 17.8 Å². The van der Waals surface area contributed by atoms with Gasteiger partial charge in [0, 0.05) is 17.0 Å². The Balaban J connectivity index is 2.02. The molecule has 0 saturated heterocycles. The molecule has 5 heteroatoms. The maximum Gasteiger partial charge on any atom is 0.141 e. The number of fused-ring (bicyclic) bond motifs is 3. The molecule has 104 valence electrons. The van der Waals surface area contributed by atoms with Gasteiger partial charge in [-0.25, -0.2) is 0 Å². The average molecular weight is 298 g/mol. The van der Waals surface area contributed by atoms with Crippen LogP contribution in [-0.2, 0) is 12.0 Å². The molecule has 0 spiro atoms. The molecule has 2 aromatic carbocycles. The van der Waals surface area contributed by atoms with Gasteiger partial charge in [-0.1, -0.05) is 41.9 Å². The highest BCUT2D eigenvalue weighted by Gasteiger charge is 2.39. The highest BCUT2D eigenvalue weighted by atomic mass is 35.5. The number of hydrogen-bond acceptors (Lipinski definition) is 3. The summed E-state index contributed by atoms with van der Waals surface area (Å²) in [5, 5.41) is 20.0. The van der Waals surface area contributed by atoms with E-state index < -0.39 is 5.60 Å². The lowest BCUT2D eigenvalue weighted by Gasteiger charge is -2.34. The number of aromatic nitrogens is 3. The number of rotatable bonds is 1. The van der Waals surface area contributed by atoms with E-state index in [2.05, 4.69) is 10.2 Å². The Morgan fingerprint density at radius 1 is 1.14 bits per heavy atom. The van der Waals surface area contributed by atoms with Crippen LogP contribution in [0, 0.1) is 0 Å². The fourth-order valence-electron chi connectivity index (χ4n) is 2.93. The fourth-order valence-corrected chi connectivity index (χ4v) is 3.10. The largest absolute Gasteiger partial charge is 0.380 e. The third-order valence-corrected chi connectivity index (χ3v) is 4.18. The Morgan fingerprint density at radius 3 is 2.76 bits per heavy atom. The van der Waals surface area contributed by atoms with Gasteiger partial charge in [0.15, 0.2) is 0 Å². The van der Waals surface area contributed by atoms with Gasteiger partial charge in [0.05, 0.1) is 5.69 Å². The summed E-state index contributed by atoms with van der Waals surface area (Å²) in [7, 11) is 0. The van der Waals surface area contributed by atoms with E-state index in [0.29, 0.717) is 11.4 Å². The molecule has 1 unspecified atom stereocenters. The van der Waals surface area contributed by atoms with E-state index in [1.807, 2.05) is 47.0 Å². The molecule has 1 N–H and O–H groups in total. The molecular weight excluding hydrogens is 286 g/mol. The summed E-state index contributed by atoms with van der Waals surface area (Å²) >= 11 is 6.14. The first-order chi connectivity index (χ1) is 10.2. The molecule has 0 saturated carbocycles. The van der Waals surface area contributed by atoms with E-state index in [0.717, 1.165) is 22.6 Å². The van der Waals surface area contributed by atoms with Crippen LogP contribution in [-0.4, -0.2) is 19.9 Å². The molecule has 0 aliphatic carbocycles. The Hall–Kier alpha value is -2.17. The number of benzene rings is 2. The van der Waals surface area contributed by atoms with Crippen molar-refractivity contribution in [3.8, 4) is 5.69 Å². The van der Waals surface area contributed by atoms with Crippen LogP contribution >= 0.6 is 11.6 Å². The first-order valence-corrected chi connectivity index (χ1v) is 7.03. The number of halogens is 1. The summed E-state index contributed by atoms with van der Waals surface area (Å²) < 4.78 is 1.89. The minimum atomic E-state index is -1.15. The van der Waals surface area contributed by atoms with Crippen molar-refractivity contribution in [1.82, 2.24) is 14.8 Å². The highest BCUT2D eigenvalue weighted by molar-refractivity contribution is 6.30. The van der Waals surface area contributed by atoms with Crippen molar-refractivity contribution in [2.75, 3.05) is 0 Å². The third kappa shape index (κ3) is 1.80. The summed E-state index contributed by atoms with van der Waals surface area (Å²) in [6.07, 6.45) is 2.02. The summed E-state index contributed by atoms with van der Waals surface area (Å²) in [5.41, 5.74) is 1.30. The van der Waals surface area contributed by atoms with Crippen LogP contribution in [0.5, 0.6) is 0 Å². The van der Waals surface area contributed by atoms with E-state index >= 15 is 0 Å². The second kappa shape index (κ2) is 4.41. The lowest BCUT2D eigenvalue weighted by atomic mass is 9.80. The third-order valence-electron chi connectivity index (χ3n) is 3.95. The zero-order valence-corrected chi connectivity index (χ0v) is 11.8. The van der Waals surface area contributed by atoms with Crippen molar-refractivity contribution in [2.45, 2.75) is 12.0 Å². The Bertz CT molecular complexity index is 815. The number of nitrogens with zero attached hydrogens (tertiary/aromatic N) is 3. The van der Waals surface area contributed by atoms with Gasteiger partial charge in [-0.15, -0.1) is 10.2 Å². The predicted molar refractivity (Wildman–Crippen MR) is 79.5 cm³/mol. The van der Waals surface area contributed by atoms with Gasteiger partial charge in [-0.3, -0.25) is 4.57 Å². The van der Waals surface area contributed by atoms with E-state index in [1.54, 1.807) is 12.4 Å². The first-order valence-electron chi connectivity index (χ1n) is 6.66. The highest BCUT2D eigenvalue weighted by Crippen LogP contribution is 2.41. The van der Waals surface area contributed by atoms with E-state index in [1.165, 1.54) is 0 Å². The van der Waals surface area contributed by atoms with Crippen LogP contribution in [0.15, 0.2) is 54.9 Å². The smallest absolute Gasteiger partial charge is 0.141 e. The van der Waals surface area contributed by atoms with Gasteiger partial charge < -0.3 is 5.11 Å². The Labute approximate surface area is 126 Å². The molecule has 0 fully saturated rings. The number of aliphatic hydroxyl groups is 1. The van der Waals surface area contributed by atoms with Crippen LogP contribution in [0.2, 0.25) is 5.02 Å². The number of hydrogen-bond donors (Lipinski definition) is 1. The second-order valence-electron chi connectivity index (χ2n) is 5.18. The molecule has 1 aromatic heterocycles. The van der Waals surface area contributed by atoms with Crippen LogP contribution in [0.3, 0.4) is 0 Å². The van der Waals surface area contributed by atoms with Crippen LogP contribution in [0.25, 0.3) is 5.69 Å². The predicted octanol–water partition coefficient (Wildman–Crippen LogP) is 2.71. The minimum Gasteiger partial charge on any atom is -0.380 e. The Morgan fingerprint density at radius 2 is 1.95 bits per heavy atom. The molecule has 0 bridgehead atoms. The molecule has 0 amide bonds. The van der Waals surface area contributed by atoms with Gasteiger partial charge in [-0.2, -0.15) is 0 Å². The maximum atomic E-state index is 11.3. The second-order valence-corrected chi connectivity index (χ2v) is 5.62. The summed E-state index contributed by atoms with van der Waals surface area (Å²) in [4.78, 5) is 0. The van der Waals surface area contributed by atoms with E-state index in [-0.39, 0.29) is 0 Å². The average Bonchev–Trinajstić information content (AvgIpc) is 2.96. The lowest BCUT2D eigenvalue weighted by molar-refractivity contribution is 0.0744. The molecule has 0 radical (unpaired) electrons.